The average Bonchev–Trinajstić information content (AvgIpc) is 0.814. The van der Waals surface area contributed by atoms with E-state index in [1.807, 2.05) is 116 Å². The largest absolute Gasteiger partial charge is 0.310 e. The molecule has 14 aromatic carbocycles. The van der Waals surface area contributed by atoms with E-state index >= 15 is 0 Å². The lowest BCUT2D eigenvalue weighted by Crippen LogP contribution is -2.61. The molecule has 0 radical (unpaired) electrons. The van der Waals surface area contributed by atoms with E-state index in [4.69, 9.17) is 0 Å². The summed E-state index contributed by atoms with van der Waals surface area (Å²) in [5.74, 6) is 0. The van der Waals surface area contributed by atoms with Crippen molar-refractivity contribution < 1.29 is 34.3 Å². The van der Waals surface area contributed by atoms with E-state index in [9.17, 15) is 34.3 Å². The van der Waals surface area contributed by atoms with Crippen LogP contribution < -0.4 is 26.2 Å². The molecule has 0 saturated heterocycles. The Morgan fingerprint density at radius 1 is 0.233 bits per heavy atom. The Balaban J connectivity index is 1.24. The molecule has 0 aliphatic carbocycles. The van der Waals surface area contributed by atoms with E-state index in [0.717, 1.165) is 38.9 Å². The standard InChI is InChI=1S/C124H135BN4/c1-115(2,3)80-54-51-76(52-55-80)95-69-86(121(19,20)21)72-99(97-68-81(116(4,5)6)56-58-101(97)124(28,29)30)113(95)128-108-65-77(78-61-82(117(7,8)9)66-83(62-78)118(10,11)12)53-59-102(108)125-103-60-57-88(126-104-47-37-32-42-91(104)92-43-33-38-48-105(92)126)73-109(103)129(111-75-89(74-110(128)112(111)125)127-106-49-39-34-44-93(106)94-45-35-40-50-107(94)127)114-96(79-63-84(119(13,14)15)67-85(64-79)120(16,17)18)70-87(122(22,23)24)71-98(114)90-41-31-36-46-100(90)123(25,26)27/h31-75H,1-30H3/i32D,33D,34D,35D,37D,38D,39D,40D,42D,43D,44D,45D,47D,48D,49D,50D,51D,52D,54D,55D,56D,58D,68D,69D,72D. The van der Waals surface area contributed by atoms with E-state index in [1.165, 1.54) is 9.13 Å². The van der Waals surface area contributed by atoms with Crippen LogP contribution >= 0.6 is 0 Å². The average molecular weight is 1720 g/mol. The van der Waals surface area contributed by atoms with Gasteiger partial charge in [0, 0.05) is 72.2 Å². The van der Waals surface area contributed by atoms with Gasteiger partial charge in [0.15, 0.2) is 0 Å². The predicted molar refractivity (Wildman–Crippen MR) is 563 cm³/mol. The third-order valence-corrected chi connectivity index (χ3v) is 26.0. The minimum atomic E-state index is -1.31. The topological polar surface area (TPSA) is 16.3 Å². The Labute approximate surface area is 807 Å². The number of rotatable bonds is 9. The van der Waals surface area contributed by atoms with E-state index in [0.29, 0.717) is 55.6 Å². The smallest absolute Gasteiger partial charge is 0.252 e. The highest BCUT2D eigenvalue weighted by atomic mass is 15.2. The van der Waals surface area contributed by atoms with Crippen LogP contribution in [0.4, 0.5) is 34.1 Å². The molecule has 18 rings (SSSR count). The van der Waals surface area contributed by atoms with Gasteiger partial charge >= 0.3 is 0 Å². The van der Waals surface area contributed by atoms with Crippen molar-refractivity contribution in [1.82, 2.24) is 9.13 Å². The number of benzene rings is 14. The van der Waals surface area contributed by atoms with Gasteiger partial charge in [0.05, 0.1) is 73.4 Å². The number of nitrogens with zero attached hydrogens (tertiary/aromatic N) is 4. The summed E-state index contributed by atoms with van der Waals surface area (Å²) in [5, 5.41) is -0.987. The van der Waals surface area contributed by atoms with Crippen molar-refractivity contribution in [2.24, 2.45) is 0 Å². The van der Waals surface area contributed by atoms with Gasteiger partial charge in [-0.1, -0.05) is 401 Å². The lowest BCUT2D eigenvalue weighted by molar-refractivity contribution is 0.568. The summed E-state index contributed by atoms with van der Waals surface area (Å²) in [6, 6.07) is 26.5. The molecule has 2 aliphatic rings. The molecule has 16 aromatic rings. The third kappa shape index (κ3) is 15.6. The molecule has 0 saturated carbocycles. The van der Waals surface area contributed by atoms with Gasteiger partial charge < -0.3 is 18.9 Å². The first-order chi connectivity index (χ1) is 70.7. The van der Waals surface area contributed by atoms with E-state index < -0.39 is 193 Å². The third-order valence-electron chi connectivity index (χ3n) is 26.0. The van der Waals surface area contributed by atoms with Gasteiger partial charge in [-0.3, -0.25) is 0 Å². The molecule has 0 atom stereocenters. The molecule has 654 valence electrons. The molecule has 0 amide bonds. The fourth-order valence-electron chi connectivity index (χ4n) is 18.5. The number of hydrogen-bond acceptors (Lipinski definition) is 2. The maximum atomic E-state index is 12.0. The molecule has 0 spiro atoms. The van der Waals surface area contributed by atoms with Crippen molar-refractivity contribution in [3.8, 4) is 67.0 Å². The van der Waals surface area contributed by atoms with Gasteiger partial charge in [0.1, 0.15) is 0 Å². The zero-order valence-electron chi connectivity index (χ0n) is 106. The Kier molecular flexibility index (Phi) is 14.8. The lowest BCUT2D eigenvalue weighted by Gasteiger charge is -2.46. The zero-order valence-corrected chi connectivity index (χ0v) is 80.9. The molecule has 2 aromatic heterocycles. The quantitative estimate of drug-likeness (QED) is 0.134. The highest BCUT2D eigenvalue weighted by Crippen LogP contribution is 2.58. The van der Waals surface area contributed by atoms with Crippen LogP contribution in [0.5, 0.6) is 0 Å². The molecule has 5 heteroatoms. The molecular weight excluding hydrogens is 1560 g/mol. The van der Waals surface area contributed by atoms with Crippen LogP contribution in [0.1, 0.15) is 298 Å². The first-order valence-corrected chi connectivity index (χ1v) is 45.4. The Morgan fingerprint density at radius 2 is 0.605 bits per heavy atom. The van der Waals surface area contributed by atoms with Crippen molar-refractivity contribution in [1.29, 1.82) is 0 Å². The maximum absolute atomic E-state index is 12.0. The van der Waals surface area contributed by atoms with Crippen molar-refractivity contribution >= 4 is 101 Å². The zero-order chi connectivity index (χ0) is 114. The SMILES string of the molecule is [2H]c1c([2H])c(C(C)(C)C)c([2H])c([2H])c1-c1c([2H])c(C(C)(C)C)c([2H])c(-c2c([2H])c(C(C)(C)C)c([2H])c([2H])c2C(C)(C)C)c1N1c2cc(-c3cc(C(C)(C)C)cc(C(C)(C)C)c3)ccc2B2c3ccc(-n4c5c([2H])c([2H])c([2H])c([2H])c5c5c([2H])c([2H])c([2H])c([2H])c54)cc3N(c3c(-c4cc(C(C)(C)C)cc(C(C)(C)C)c4)cc(C(C)(C)C)cc3-c3ccccc3C(C)(C)C)c3cc(-n4c5c([2H])c([2H])c([2H])c([2H])c5c5c([2H])c([2H])c([2H])c([2H])c54)cc1c32. The summed E-state index contributed by atoms with van der Waals surface area (Å²) >= 11 is 0. The Bertz CT molecular complexity index is 8560. The summed E-state index contributed by atoms with van der Waals surface area (Å²) in [6.07, 6.45) is 0. The van der Waals surface area contributed by atoms with Gasteiger partial charge in [0.25, 0.3) is 6.71 Å². The Morgan fingerprint density at radius 3 is 1.06 bits per heavy atom. The number of hydrogen-bond donors (Lipinski definition) is 0. The molecule has 0 bridgehead atoms. The van der Waals surface area contributed by atoms with Crippen LogP contribution in [-0.4, -0.2) is 15.8 Å². The van der Waals surface area contributed by atoms with Gasteiger partial charge in [-0.05, 0) is 238 Å². The second-order valence-corrected chi connectivity index (χ2v) is 46.1. The molecule has 129 heavy (non-hydrogen) atoms. The second kappa shape index (κ2) is 30.5. The number of fused-ring (bicyclic) bond motifs is 10. The van der Waals surface area contributed by atoms with E-state index in [2.05, 4.69) is 190 Å². The van der Waals surface area contributed by atoms with Gasteiger partial charge in [-0.2, -0.15) is 0 Å². The van der Waals surface area contributed by atoms with Gasteiger partial charge in [0.2, 0.25) is 0 Å². The summed E-state index contributed by atoms with van der Waals surface area (Å²) in [6.45, 7) is 59.3. The van der Waals surface area contributed by atoms with Crippen LogP contribution in [0, 0.1) is 0 Å². The van der Waals surface area contributed by atoms with Crippen molar-refractivity contribution in [3.05, 3.63) is 328 Å². The highest BCUT2D eigenvalue weighted by Gasteiger charge is 2.48. The highest BCUT2D eigenvalue weighted by molar-refractivity contribution is 7.00. The predicted octanol–water partition coefficient (Wildman–Crippen LogP) is 33.3. The van der Waals surface area contributed by atoms with Gasteiger partial charge in [-0.25, -0.2) is 0 Å². The monoisotopic (exact) mass is 1720 g/mol. The summed E-state index contributed by atoms with van der Waals surface area (Å²) in [4.78, 5) is 3.97. The Hall–Kier alpha value is -11.7. The summed E-state index contributed by atoms with van der Waals surface area (Å²) < 4.78 is 263. The van der Waals surface area contributed by atoms with Gasteiger partial charge in [-0.15, -0.1) is 0 Å². The maximum Gasteiger partial charge on any atom is 0.252 e. The number of para-hydroxylation sites is 4. The number of aromatic nitrogens is 2. The summed E-state index contributed by atoms with van der Waals surface area (Å²) in [7, 11) is 0. The van der Waals surface area contributed by atoms with Crippen LogP contribution in [-0.2, 0) is 54.1 Å². The summed E-state index contributed by atoms with van der Waals surface area (Å²) in [5.41, 5.74) is 1.93. The fourth-order valence-corrected chi connectivity index (χ4v) is 18.5. The van der Waals surface area contributed by atoms with Crippen molar-refractivity contribution in [3.63, 3.8) is 0 Å². The molecule has 4 nitrogen and oxygen atoms in total. The fraction of sp³-hybridized carbons (Fsp3) is 0.323. The molecule has 4 heterocycles. The molecule has 0 N–H and O–H groups in total. The first-order valence-electron chi connectivity index (χ1n) is 57.9. The molecule has 2 aliphatic heterocycles. The van der Waals surface area contributed by atoms with E-state index in [1.54, 1.807) is 32.9 Å². The molecule has 0 unspecified atom stereocenters. The minimum Gasteiger partial charge on any atom is -0.310 e. The van der Waals surface area contributed by atoms with Crippen LogP contribution in [0.25, 0.3) is 111 Å². The van der Waals surface area contributed by atoms with Crippen molar-refractivity contribution in [2.75, 3.05) is 9.80 Å². The normalized spacial score (nSPS) is 16.5. The van der Waals surface area contributed by atoms with Crippen LogP contribution in [0.15, 0.2) is 272 Å². The first kappa shape index (κ1) is 62.6. The lowest BCUT2D eigenvalue weighted by atomic mass is 9.33. The molecule has 0 fully saturated rings. The number of anilines is 6. The molecular formula is C124H135BN4. The second-order valence-electron chi connectivity index (χ2n) is 46.1. The van der Waals surface area contributed by atoms with Crippen molar-refractivity contribution in [2.45, 2.75) is 262 Å². The minimum absolute atomic E-state index is 0.0164. The van der Waals surface area contributed by atoms with E-state index in [-0.39, 0.29) is 141 Å². The van der Waals surface area contributed by atoms with Crippen LogP contribution in [0.3, 0.4) is 0 Å². The van der Waals surface area contributed by atoms with Crippen LogP contribution in [0.2, 0.25) is 0 Å².